The fourth-order valence-electron chi connectivity index (χ4n) is 2.26. The van der Waals surface area contributed by atoms with Crippen LogP contribution in [0.15, 0.2) is 24.3 Å². The largest absolute Gasteiger partial charge is 0.366 e. The van der Waals surface area contributed by atoms with Crippen molar-refractivity contribution in [2.24, 2.45) is 11.7 Å². The van der Waals surface area contributed by atoms with Gasteiger partial charge in [0.05, 0.1) is 0 Å². The molecule has 1 aromatic rings. The van der Waals surface area contributed by atoms with Crippen molar-refractivity contribution in [3.63, 3.8) is 0 Å². The summed E-state index contributed by atoms with van der Waals surface area (Å²) in [7, 11) is 0. The quantitative estimate of drug-likeness (QED) is 0.717. The molecule has 0 radical (unpaired) electrons. The average Bonchev–Trinajstić information content (AvgIpc) is 2.89. The minimum atomic E-state index is -0.454. The van der Waals surface area contributed by atoms with Crippen LogP contribution in [0.5, 0.6) is 0 Å². The second-order valence-corrected chi connectivity index (χ2v) is 4.90. The molecule has 0 aromatic heterocycles. The van der Waals surface area contributed by atoms with Gasteiger partial charge in [-0.25, -0.2) is 0 Å². The SMILES string of the molecule is NC(=O)c1cccc(CNC(=O)CC2CCNC2)c1. The standard InChI is InChI=1S/C14H19N3O2/c15-14(19)12-3-1-2-10(6-12)9-17-13(18)7-11-4-5-16-8-11/h1-3,6,11,16H,4-5,7-9H2,(H2,15,19)(H,17,18). The van der Waals surface area contributed by atoms with Crippen LogP contribution in [0.1, 0.15) is 28.8 Å². The first-order valence-corrected chi connectivity index (χ1v) is 6.51. The Morgan fingerprint density at radius 2 is 2.26 bits per heavy atom. The average molecular weight is 261 g/mol. The molecule has 102 valence electrons. The predicted molar refractivity (Wildman–Crippen MR) is 72.4 cm³/mol. The lowest BCUT2D eigenvalue weighted by molar-refractivity contribution is -0.122. The first-order valence-electron chi connectivity index (χ1n) is 6.51. The van der Waals surface area contributed by atoms with Crippen LogP contribution in [0.25, 0.3) is 0 Å². The number of carbonyl (C=O) groups excluding carboxylic acids is 2. The third-order valence-corrected chi connectivity index (χ3v) is 3.34. The summed E-state index contributed by atoms with van der Waals surface area (Å²) in [5.41, 5.74) is 6.56. The highest BCUT2D eigenvalue weighted by Crippen LogP contribution is 2.12. The molecule has 1 fully saturated rings. The van der Waals surface area contributed by atoms with Crippen molar-refractivity contribution in [3.8, 4) is 0 Å². The summed E-state index contributed by atoms with van der Waals surface area (Å²) >= 11 is 0. The van der Waals surface area contributed by atoms with E-state index in [0.29, 0.717) is 24.4 Å². The number of nitrogens with two attached hydrogens (primary N) is 1. The van der Waals surface area contributed by atoms with Crippen LogP contribution in [0.3, 0.4) is 0 Å². The molecule has 1 unspecified atom stereocenters. The van der Waals surface area contributed by atoms with Crippen LogP contribution in [0.2, 0.25) is 0 Å². The van der Waals surface area contributed by atoms with Crippen LogP contribution in [0, 0.1) is 5.92 Å². The van der Waals surface area contributed by atoms with Gasteiger partial charge in [0.2, 0.25) is 11.8 Å². The highest BCUT2D eigenvalue weighted by Gasteiger charge is 2.17. The number of nitrogens with one attached hydrogen (secondary N) is 2. The van der Waals surface area contributed by atoms with E-state index in [1.54, 1.807) is 18.2 Å². The van der Waals surface area contributed by atoms with Gasteiger partial charge in [-0.2, -0.15) is 0 Å². The molecule has 0 bridgehead atoms. The van der Waals surface area contributed by atoms with Gasteiger partial charge >= 0.3 is 0 Å². The molecule has 1 atom stereocenters. The second-order valence-electron chi connectivity index (χ2n) is 4.90. The Morgan fingerprint density at radius 1 is 1.42 bits per heavy atom. The van der Waals surface area contributed by atoms with Gasteiger partial charge in [0.25, 0.3) is 0 Å². The first-order chi connectivity index (χ1) is 9.15. The van der Waals surface area contributed by atoms with Crippen LogP contribution < -0.4 is 16.4 Å². The summed E-state index contributed by atoms with van der Waals surface area (Å²) in [6.07, 6.45) is 1.62. The van der Waals surface area contributed by atoms with E-state index in [-0.39, 0.29) is 5.91 Å². The van der Waals surface area contributed by atoms with Crippen molar-refractivity contribution in [3.05, 3.63) is 35.4 Å². The Balaban J connectivity index is 1.82. The number of rotatable bonds is 5. The van der Waals surface area contributed by atoms with E-state index in [0.717, 1.165) is 25.1 Å². The second kappa shape index (κ2) is 6.33. The molecule has 0 aliphatic carbocycles. The van der Waals surface area contributed by atoms with Gasteiger partial charge in [-0.05, 0) is 43.1 Å². The summed E-state index contributed by atoms with van der Waals surface area (Å²) in [5.74, 6) is 0.0420. The van der Waals surface area contributed by atoms with Crippen molar-refractivity contribution >= 4 is 11.8 Å². The lowest BCUT2D eigenvalue weighted by Gasteiger charge is -2.09. The van der Waals surface area contributed by atoms with Crippen molar-refractivity contribution in [1.29, 1.82) is 0 Å². The zero-order valence-corrected chi connectivity index (χ0v) is 10.8. The maximum Gasteiger partial charge on any atom is 0.248 e. The molecule has 5 nitrogen and oxygen atoms in total. The van der Waals surface area contributed by atoms with E-state index in [1.807, 2.05) is 6.07 Å². The minimum Gasteiger partial charge on any atom is -0.366 e. The number of hydrogen-bond donors (Lipinski definition) is 3. The molecule has 0 spiro atoms. The minimum absolute atomic E-state index is 0.0539. The van der Waals surface area contributed by atoms with Crippen LogP contribution in [-0.2, 0) is 11.3 Å². The Morgan fingerprint density at radius 3 is 2.95 bits per heavy atom. The van der Waals surface area contributed by atoms with E-state index in [2.05, 4.69) is 10.6 Å². The van der Waals surface area contributed by atoms with Gasteiger partial charge < -0.3 is 16.4 Å². The monoisotopic (exact) mass is 261 g/mol. The lowest BCUT2D eigenvalue weighted by atomic mass is 10.0. The number of primary amides is 1. The number of benzene rings is 1. The molecule has 1 aliphatic rings. The molecular formula is C14H19N3O2. The van der Waals surface area contributed by atoms with Crippen molar-refractivity contribution in [1.82, 2.24) is 10.6 Å². The van der Waals surface area contributed by atoms with Gasteiger partial charge in [0.1, 0.15) is 0 Å². The fourth-order valence-corrected chi connectivity index (χ4v) is 2.26. The van der Waals surface area contributed by atoms with E-state index < -0.39 is 5.91 Å². The molecule has 1 aromatic carbocycles. The number of carbonyl (C=O) groups is 2. The molecule has 0 saturated carbocycles. The molecule has 1 heterocycles. The fraction of sp³-hybridized carbons (Fsp3) is 0.429. The maximum atomic E-state index is 11.8. The van der Waals surface area contributed by atoms with Gasteiger partial charge in [0.15, 0.2) is 0 Å². The van der Waals surface area contributed by atoms with E-state index in [9.17, 15) is 9.59 Å². The molecule has 19 heavy (non-hydrogen) atoms. The summed E-state index contributed by atoms with van der Waals surface area (Å²) < 4.78 is 0. The Bertz CT molecular complexity index is 468. The van der Waals surface area contributed by atoms with Gasteiger partial charge in [-0.1, -0.05) is 12.1 Å². The third kappa shape index (κ3) is 4.06. The molecule has 1 aliphatic heterocycles. The van der Waals surface area contributed by atoms with Crippen molar-refractivity contribution in [2.75, 3.05) is 13.1 Å². The van der Waals surface area contributed by atoms with Gasteiger partial charge in [0, 0.05) is 18.5 Å². The normalized spacial score (nSPS) is 18.2. The highest BCUT2D eigenvalue weighted by atomic mass is 16.1. The molecule has 2 amide bonds. The molecular weight excluding hydrogens is 242 g/mol. The summed E-state index contributed by atoms with van der Waals surface area (Å²) in [5, 5.41) is 6.11. The summed E-state index contributed by atoms with van der Waals surface area (Å²) in [6.45, 7) is 2.35. The number of hydrogen-bond acceptors (Lipinski definition) is 3. The molecule has 2 rings (SSSR count). The van der Waals surface area contributed by atoms with Crippen LogP contribution in [-0.4, -0.2) is 24.9 Å². The highest BCUT2D eigenvalue weighted by molar-refractivity contribution is 5.92. The predicted octanol–water partition coefficient (Wildman–Crippen LogP) is 0.401. The third-order valence-electron chi connectivity index (χ3n) is 3.34. The van der Waals surface area contributed by atoms with E-state index in [1.165, 1.54) is 0 Å². The van der Waals surface area contributed by atoms with E-state index in [4.69, 9.17) is 5.73 Å². The smallest absolute Gasteiger partial charge is 0.248 e. The molecule has 5 heteroatoms. The Hall–Kier alpha value is -1.88. The zero-order valence-electron chi connectivity index (χ0n) is 10.8. The summed E-state index contributed by atoms with van der Waals surface area (Å²) in [6, 6.07) is 7.00. The topological polar surface area (TPSA) is 84.2 Å². The van der Waals surface area contributed by atoms with Crippen molar-refractivity contribution < 1.29 is 9.59 Å². The first kappa shape index (κ1) is 13.5. The summed E-state index contributed by atoms with van der Waals surface area (Å²) in [4.78, 5) is 22.8. The zero-order chi connectivity index (χ0) is 13.7. The van der Waals surface area contributed by atoms with Crippen LogP contribution in [0.4, 0.5) is 0 Å². The number of amides is 2. The maximum absolute atomic E-state index is 11.8. The Kier molecular flexibility index (Phi) is 4.52. The molecule has 4 N–H and O–H groups in total. The van der Waals surface area contributed by atoms with E-state index >= 15 is 0 Å². The molecule has 1 saturated heterocycles. The lowest BCUT2D eigenvalue weighted by Crippen LogP contribution is -2.26. The van der Waals surface area contributed by atoms with Crippen LogP contribution >= 0.6 is 0 Å². The van der Waals surface area contributed by atoms with Crippen molar-refractivity contribution in [2.45, 2.75) is 19.4 Å². The Labute approximate surface area is 112 Å². The van der Waals surface area contributed by atoms with Gasteiger partial charge in [-0.15, -0.1) is 0 Å². The van der Waals surface area contributed by atoms with Gasteiger partial charge in [-0.3, -0.25) is 9.59 Å².